The van der Waals surface area contributed by atoms with E-state index in [-0.39, 0.29) is 29.7 Å². The van der Waals surface area contributed by atoms with E-state index >= 15 is 0 Å². The Morgan fingerprint density at radius 2 is 0.806 bits per heavy atom. The molecule has 0 aliphatic carbocycles. The molecule has 10 aromatic carbocycles. The summed E-state index contributed by atoms with van der Waals surface area (Å²) in [6, 6.07) is 76.5. The Bertz CT molecular complexity index is 3580. The summed E-state index contributed by atoms with van der Waals surface area (Å²) in [7, 11) is 0. The average Bonchev–Trinajstić information content (AvgIpc) is 3.74. The van der Waals surface area contributed by atoms with Crippen LogP contribution in [0.25, 0.3) is 83.1 Å². The van der Waals surface area contributed by atoms with Crippen LogP contribution in [0.5, 0.6) is 0 Å². The predicted molar refractivity (Wildman–Crippen MR) is 263 cm³/mol. The number of hydrogen-bond acceptors (Lipinski definition) is 1. The van der Waals surface area contributed by atoms with Crippen molar-refractivity contribution >= 4 is 38.9 Å². The normalized spacial score (nSPS) is 12.4. The largest absolute Gasteiger partial charge is 0.310 e. The zero-order valence-electron chi connectivity index (χ0n) is 38.8. The maximum absolute atomic E-state index is 8.67. The molecule has 0 amide bonds. The van der Waals surface area contributed by atoms with Gasteiger partial charge >= 0.3 is 0 Å². The van der Waals surface area contributed by atoms with Gasteiger partial charge in [-0.05, 0) is 111 Å². The highest BCUT2D eigenvalue weighted by Crippen LogP contribution is 2.44. The van der Waals surface area contributed by atoms with Crippen molar-refractivity contribution < 1.29 is 6.85 Å². The number of hydrogen-bond donors (Lipinski definition) is 0. The molecule has 0 aliphatic rings. The fraction of sp³-hybridized carbons (Fsp3) is 0. The van der Waals surface area contributed by atoms with Crippen molar-refractivity contribution in [1.29, 1.82) is 0 Å². The number of anilines is 3. The smallest absolute Gasteiger partial charge is 0.0629 e. The van der Waals surface area contributed by atoms with E-state index in [1.54, 1.807) is 0 Å². The SMILES string of the molecule is [2H]c1c([2H])c([2H])c(-c2ccc(N(c3ccc(-c4ccc(-c5ccccc5)cc4)cc3)c3ccccc3-c3cccc(-c4cccc5c4c4ccccc4n5-c4ccccc4)c3)cc2)c([2H])c1[2H]. The summed E-state index contributed by atoms with van der Waals surface area (Å²) in [5.74, 6) is 0. The van der Waals surface area contributed by atoms with Crippen LogP contribution in [0.3, 0.4) is 0 Å². The molecular formula is C60H42N2. The monoisotopic (exact) mass is 795 g/mol. The number of nitrogens with zero attached hydrogens (tertiary/aromatic N) is 2. The van der Waals surface area contributed by atoms with E-state index in [2.05, 4.69) is 198 Å². The third-order valence-electron chi connectivity index (χ3n) is 11.7. The number of aromatic nitrogens is 1. The van der Waals surface area contributed by atoms with Crippen LogP contribution in [0, 0.1) is 0 Å². The summed E-state index contributed by atoms with van der Waals surface area (Å²) in [4.78, 5) is 2.23. The lowest BCUT2D eigenvalue weighted by atomic mass is 9.94. The number of rotatable bonds is 9. The Hall–Kier alpha value is -8.20. The number of benzene rings is 10. The maximum Gasteiger partial charge on any atom is 0.0629 e. The average molecular weight is 796 g/mol. The molecule has 0 N–H and O–H groups in total. The lowest BCUT2D eigenvalue weighted by molar-refractivity contribution is 1.18. The zero-order valence-corrected chi connectivity index (χ0v) is 33.8. The Labute approximate surface area is 369 Å². The van der Waals surface area contributed by atoms with Crippen molar-refractivity contribution in [2.45, 2.75) is 0 Å². The lowest BCUT2D eigenvalue weighted by Gasteiger charge is -2.28. The second kappa shape index (κ2) is 16.1. The molecule has 1 aromatic heterocycles. The van der Waals surface area contributed by atoms with Gasteiger partial charge in [-0.2, -0.15) is 0 Å². The third-order valence-corrected chi connectivity index (χ3v) is 11.7. The van der Waals surface area contributed by atoms with Crippen LogP contribution in [0.1, 0.15) is 6.85 Å². The molecular weight excluding hydrogens is 749 g/mol. The van der Waals surface area contributed by atoms with Gasteiger partial charge in [0.25, 0.3) is 0 Å². The molecule has 62 heavy (non-hydrogen) atoms. The van der Waals surface area contributed by atoms with Crippen molar-refractivity contribution in [3.05, 3.63) is 255 Å². The van der Waals surface area contributed by atoms with Crippen LogP contribution in [-0.4, -0.2) is 4.57 Å². The highest BCUT2D eigenvalue weighted by Gasteiger charge is 2.20. The van der Waals surface area contributed by atoms with Crippen LogP contribution in [0.4, 0.5) is 17.1 Å². The third kappa shape index (κ3) is 6.84. The minimum Gasteiger partial charge on any atom is -0.310 e. The first-order valence-corrected chi connectivity index (χ1v) is 20.8. The van der Waals surface area contributed by atoms with Gasteiger partial charge in [-0.15, -0.1) is 0 Å². The predicted octanol–water partition coefficient (Wildman–Crippen LogP) is 16.6. The van der Waals surface area contributed by atoms with Gasteiger partial charge in [0.1, 0.15) is 0 Å². The van der Waals surface area contributed by atoms with Crippen molar-refractivity contribution in [2.75, 3.05) is 4.90 Å². The van der Waals surface area contributed by atoms with Crippen LogP contribution in [-0.2, 0) is 0 Å². The molecule has 0 unspecified atom stereocenters. The first-order chi connectivity index (χ1) is 32.8. The topological polar surface area (TPSA) is 8.17 Å². The second-order valence-corrected chi connectivity index (χ2v) is 15.4. The first-order valence-electron chi connectivity index (χ1n) is 23.3. The quantitative estimate of drug-likeness (QED) is 0.141. The van der Waals surface area contributed by atoms with Gasteiger partial charge in [0.15, 0.2) is 0 Å². The summed E-state index contributed by atoms with van der Waals surface area (Å²) in [6.45, 7) is 0. The highest BCUT2D eigenvalue weighted by atomic mass is 15.1. The van der Waals surface area contributed by atoms with E-state index in [9.17, 15) is 0 Å². The Morgan fingerprint density at radius 3 is 1.48 bits per heavy atom. The summed E-state index contributed by atoms with van der Waals surface area (Å²) >= 11 is 0. The van der Waals surface area contributed by atoms with Gasteiger partial charge in [0.2, 0.25) is 0 Å². The van der Waals surface area contributed by atoms with E-state index in [1.165, 1.54) is 16.3 Å². The fourth-order valence-corrected chi connectivity index (χ4v) is 8.77. The minimum atomic E-state index is -0.409. The van der Waals surface area contributed by atoms with Gasteiger partial charge in [-0.1, -0.05) is 194 Å². The molecule has 11 aromatic rings. The molecule has 2 heteroatoms. The van der Waals surface area contributed by atoms with E-state index in [0.717, 1.165) is 72.7 Å². The Balaban J connectivity index is 1.03. The molecule has 0 spiro atoms. The Kier molecular flexibility index (Phi) is 8.23. The molecule has 0 saturated heterocycles. The van der Waals surface area contributed by atoms with Crippen molar-refractivity contribution in [3.63, 3.8) is 0 Å². The van der Waals surface area contributed by atoms with E-state index < -0.39 is 6.04 Å². The molecule has 2 nitrogen and oxygen atoms in total. The fourth-order valence-electron chi connectivity index (χ4n) is 8.77. The van der Waals surface area contributed by atoms with Crippen molar-refractivity contribution in [1.82, 2.24) is 4.57 Å². The van der Waals surface area contributed by atoms with Crippen molar-refractivity contribution in [3.8, 4) is 61.3 Å². The lowest BCUT2D eigenvalue weighted by Crippen LogP contribution is -2.11. The number of fused-ring (bicyclic) bond motifs is 3. The standard InChI is InChI=1S/C60H42N2/c1-4-16-43(17-5-1)45-30-32-46(33-31-45)48-36-40-53(41-37-48)61(52-38-34-47(35-39-52)44-18-6-2-7-19-44)57-27-12-10-24-54(57)49-20-14-21-50(42-49)55-26-15-29-59-60(55)56-25-11-13-28-58(56)62(59)51-22-8-3-9-23-51/h1-42H/i2D,6D,7D,18D,19D. The maximum atomic E-state index is 8.67. The molecule has 0 radical (unpaired) electrons. The van der Waals surface area contributed by atoms with Gasteiger partial charge in [0.05, 0.1) is 23.6 Å². The summed E-state index contributed by atoms with van der Waals surface area (Å²) in [5, 5.41) is 2.39. The van der Waals surface area contributed by atoms with Gasteiger partial charge in [0, 0.05) is 33.4 Å². The molecule has 11 rings (SSSR count). The van der Waals surface area contributed by atoms with E-state index in [0.29, 0.717) is 5.56 Å². The summed E-state index contributed by atoms with van der Waals surface area (Å²) < 4.78 is 44.5. The van der Waals surface area contributed by atoms with Gasteiger partial charge < -0.3 is 9.47 Å². The molecule has 1 heterocycles. The molecule has 0 saturated carbocycles. The number of para-hydroxylation sites is 3. The summed E-state index contributed by atoms with van der Waals surface area (Å²) in [6.07, 6.45) is 0. The molecule has 0 bridgehead atoms. The van der Waals surface area contributed by atoms with Crippen LogP contribution < -0.4 is 4.90 Å². The van der Waals surface area contributed by atoms with Crippen LogP contribution >= 0.6 is 0 Å². The van der Waals surface area contributed by atoms with E-state index in [4.69, 9.17) is 6.85 Å². The zero-order chi connectivity index (χ0) is 45.6. The minimum absolute atomic E-state index is 0.172. The van der Waals surface area contributed by atoms with E-state index in [1.807, 2.05) is 36.4 Å². The molecule has 292 valence electrons. The second-order valence-electron chi connectivity index (χ2n) is 15.4. The Morgan fingerprint density at radius 1 is 0.339 bits per heavy atom. The summed E-state index contributed by atoms with van der Waals surface area (Å²) in [5.41, 5.74) is 15.7. The highest BCUT2D eigenvalue weighted by molar-refractivity contribution is 6.16. The van der Waals surface area contributed by atoms with Gasteiger partial charge in [-0.25, -0.2) is 0 Å². The molecule has 0 fully saturated rings. The molecule has 0 aliphatic heterocycles. The molecule has 0 atom stereocenters. The van der Waals surface area contributed by atoms with Gasteiger partial charge in [-0.3, -0.25) is 0 Å². The van der Waals surface area contributed by atoms with Crippen LogP contribution in [0.15, 0.2) is 255 Å². The first kappa shape index (κ1) is 31.7. The van der Waals surface area contributed by atoms with Crippen molar-refractivity contribution in [2.24, 2.45) is 0 Å². The van der Waals surface area contributed by atoms with Crippen LogP contribution in [0.2, 0.25) is 0 Å².